The predicted molar refractivity (Wildman–Crippen MR) is 91.3 cm³/mol. The summed E-state index contributed by atoms with van der Waals surface area (Å²) in [6, 6.07) is 5.37. The Morgan fingerprint density at radius 3 is 2.83 bits per heavy atom. The second kappa shape index (κ2) is 6.52. The van der Waals surface area contributed by atoms with E-state index < -0.39 is 15.3 Å². The number of hydrogen-bond acceptors (Lipinski definition) is 6. The highest BCUT2D eigenvalue weighted by molar-refractivity contribution is 7.93. The first-order valence-electron chi connectivity index (χ1n) is 8.04. The summed E-state index contributed by atoms with van der Waals surface area (Å²) in [5.74, 6) is 1.02. The van der Waals surface area contributed by atoms with E-state index in [0.717, 1.165) is 11.1 Å². The maximum Gasteiger partial charge on any atom is 0.236 e. The first-order chi connectivity index (χ1) is 11.4. The fourth-order valence-corrected chi connectivity index (χ4v) is 4.23. The molecular weight excluding hydrogens is 328 g/mol. The summed E-state index contributed by atoms with van der Waals surface area (Å²) < 4.78 is 33.6. The first-order valence-corrected chi connectivity index (χ1v) is 9.59. The van der Waals surface area contributed by atoms with Crippen LogP contribution < -0.4 is 10.0 Å². The minimum Gasteiger partial charge on any atom is -0.424 e. The van der Waals surface area contributed by atoms with Crippen LogP contribution in [0.25, 0.3) is 0 Å². The van der Waals surface area contributed by atoms with Crippen LogP contribution >= 0.6 is 0 Å². The Balaban J connectivity index is 1.73. The number of aryl methyl sites for hydroxylation is 2. The molecule has 0 radical (unpaired) electrons. The highest BCUT2D eigenvalue weighted by Crippen LogP contribution is 2.28. The van der Waals surface area contributed by atoms with Crippen molar-refractivity contribution >= 4 is 15.7 Å². The lowest BCUT2D eigenvalue weighted by molar-refractivity contribution is 0.405. The van der Waals surface area contributed by atoms with Gasteiger partial charge in [-0.1, -0.05) is 19.1 Å². The van der Waals surface area contributed by atoms with Gasteiger partial charge >= 0.3 is 0 Å². The van der Waals surface area contributed by atoms with Crippen molar-refractivity contribution in [3.63, 3.8) is 0 Å². The van der Waals surface area contributed by atoms with Crippen LogP contribution in [0.2, 0.25) is 0 Å². The van der Waals surface area contributed by atoms with E-state index in [0.29, 0.717) is 36.9 Å². The van der Waals surface area contributed by atoms with Gasteiger partial charge < -0.3 is 9.73 Å². The fourth-order valence-electron chi connectivity index (χ4n) is 2.78. The number of sulfonamides is 1. The third kappa shape index (κ3) is 3.29. The van der Waals surface area contributed by atoms with Crippen molar-refractivity contribution in [1.29, 1.82) is 0 Å². The molecule has 2 unspecified atom stereocenters. The minimum atomic E-state index is -3.49. The number of rotatable bonds is 5. The van der Waals surface area contributed by atoms with Crippen molar-refractivity contribution in [2.24, 2.45) is 0 Å². The van der Waals surface area contributed by atoms with Gasteiger partial charge in [-0.05, 0) is 37.5 Å². The molecule has 0 aliphatic carbocycles. The number of nitrogens with one attached hydrogen (secondary N) is 2. The van der Waals surface area contributed by atoms with Crippen molar-refractivity contribution in [2.45, 2.75) is 44.9 Å². The first kappa shape index (κ1) is 16.9. The summed E-state index contributed by atoms with van der Waals surface area (Å²) in [6.07, 6.45) is 1.07. The Kier molecular flexibility index (Phi) is 4.60. The van der Waals surface area contributed by atoms with Crippen LogP contribution in [0, 0.1) is 13.8 Å². The molecule has 1 aromatic carbocycles. The molecule has 0 amide bonds. The van der Waals surface area contributed by atoms with Gasteiger partial charge in [-0.25, -0.2) is 8.42 Å². The molecule has 1 aromatic heterocycles. The number of nitrogens with zero attached hydrogens (tertiary/aromatic N) is 2. The molecule has 1 aliphatic heterocycles. The maximum atomic E-state index is 12.7. The molecule has 0 spiro atoms. The van der Waals surface area contributed by atoms with E-state index >= 15 is 0 Å². The molecule has 0 bridgehead atoms. The van der Waals surface area contributed by atoms with Gasteiger partial charge in [-0.15, -0.1) is 10.2 Å². The Bertz CT molecular complexity index is 832. The van der Waals surface area contributed by atoms with E-state index in [4.69, 9.17) is 4.42 Å². The second-order valence-electron chi connectivity index (χ2n) is 6.10. The quantitative estimate of drug-likeness (QED) is 0.857. The van der Waals surface area contributed by atoms with Gasteiger partial charge in [-0.2, -0.15) is 0 Å². The normalized spacial score (nSPS) is 21.1. The van der Waals surface area contributed by atoms with E-state index in [1.807, 2.05) is 32.9 Å². The Labute approximate surface area is 141 Å². The second-order valence-corrected chi connectivity index (χ2v) is 8.06. The van der Waals surface area contributed by atoms with Gasteiger partial charge in [0.2, 0.25) is 21.8 Å². The van der Waals surface area contributed by atoms with Gasteiger partial charge in [0.05, 0.1) is 17.0 Å². The van der Waals surface area contributed by atoms with Crippen molar-refractivity contribution in [2.75, 3.05) is 11.3 Å². The van der Waals surface area contributed by atoms with Gasteiger partial charge in [0.15, 0.2) is 0 Å². The molecule has 1 fully saturated rings. The summed E-state index contributed by atoms with van der Waals surface area (Å²) in [5.41, 5.74) is 2.62. The van der Waals surface area contributed by atoms with Crippen molar-refractivity contribution in [3.8, 4) is 0 Å². The third-order valence-corrected chi connectivity index (χ3v) is 6.21. The highest BCUT2D eigenvalue weighted by Gasteiger charge is 2.37. The van der Waals surface area contributed by atoms with E-state index in [2.05, 4.69) is 20.2 Å². The molecule has 1 aliphatic rings. The molecule has 2 atom stereocenters. The molecule has 2 N–H and O–H groups in total. The number of benzene rings is 1. The maximum absolute atomic E-state index is 12.7. The van der Waals surface area contributed by atoms with Crippen LogP contribution in [0.4, 0.5) is 5.69 Å². The lowest BCUT2D eigenvalue weighted by Crippen LogP contribution is -2.29. The van der Waals surface area contributed by atoms with Crippen LogP contribution in [0.1, 0.15) is 42.3 Å². The SMILES string of the molecule is CCc1nnc(C2CC(S(=O)(=O)Nc3cccc(C)c3C)CN2)o1. The lowest BCUT2D eigenvalue weighted by Gasteiger charge is -2.15. The van der Waals surface area contributed by atoms with E-state index in [1.54, 1.807) is 6.07 Å². The topological polar surface area (TPSA) is 97.1 Å². The van der Waals surface area contributed by atoms with Crippen molar-refractivity contribution in [1.82, 2.24) is 15.5 Å². The predicted octanol–water partition coefficient (Wildman–Crippen LogP) is 2.09. The van der Waals surface area contributed by atoms with Crippen LogP contribution in [-0.4, -0.2) is 30.4 Å². The van der Waals surface area contributed by atoms with Crippen LogP contribution in [0.15, 0.2) is 22.6 Å². The van der Waals surface area contributed by atoms with Crippen LogP contribution in [0.5, 0.6) is 0 Å². The van der Waals surface area contributed by atoms with E-state index in [9.17, 15) is 8.42 Å². The Morgan fingerprint density at radius 1 is 1.33 bits per heavy atom. The lowest BCUT2D eigenvalue weighted by atomic mass is 10.1. The largest absolute Gasteiger partial charge is 0.424 e. The highest BCUT2D eigenvalue weighted by atomic mass is 32.2. The molecule has 3 rings (SSSR count). The summed E-state index contributed by atoms with van der Waals surface area (Å²) in [4.78, 5) is 0. The van der Waals surface area contributed by atoms with E-state index in [-0.39, 0.29) is 6.04 Å². The molecule has 2 aromatic rings. The van der Waals surface area contributed by atoms with Gasteiger partial charge in [0, 0.05) is 13.0 Å². The summed E-state index contributed by atoms with van der Waals surface area (Å²) in [5, 5.41) is 10.6. The third-order valence-electron chi connectivity index (χ3n) is 4.47. The fraction of sp³-hybridized carbons (Fsp3) is 0.500. The molecule has 0 saturated carbocycles. The summed E-state index contributed by atoms with van der Waals surface area (Å²) >= 11 is 0. The van der Waals surface area contributed by atoms with Gasteiger partial charge in [-0.3, -0.25) is 4.72 Å². The zero-order chi connectivity index (χ0) is 17.3. The molecule has 24 heavy (non-hydrogen) atoms. The Morgan fingerprint density at radius 2 is 2.12 bits per heavy atom. The number of anilines is 1. The van der Waals surface area contributed by atoms with Gasteiger partial charge in [0.1, 0.15) is 0 Å². The van der Waals surface area contributed by atoms with Crippen LogP contribution in [0.3, 0.4) is 0 Å². The minimum absolute atomic E-state index is 0.224. The average Bonchev–Trinajstić information content (AvgIpc) is 3.20. The molecule has 1 saturated heterocycles. The van der Waals surface area contributed by atoms with Gasteiger partial charge in [0.25, 0.3) is 0 Å². The average molecular weight is 350 g/mol. The molecule has 8 heteroatoms. The van der Waals surface area contributed by atoms with E-state index in [1.165, 1.54) is 0 Å². The van der Waals surface area contributed by atoms with Crippen molar-refractivity contribution < 1.29 is 12.8 Å². The monoisotopic (exact) mass is 350 g/mol. The standard InChI is InChI=1S/C16H22N4O3S/c1-4-15-18-19-16(23-15)14-8-12(9-17-14)24(21,22)20-13-7-5-6-10(2)11(13)3/h5-7,12,14,17,20H,4,8-9H2,1-3H3. The Hall–Kier alpha value is -1.93. The summed E-state index contributed by atoms with van der Waals surface area (Å²) in [7, 11) is -3.49. The smallest absolute Gasteiger partial charge is 0.236 e. The number of aromatic nitrogens is 2. The zero-order valence-corrected chi connectivity index (χ0v) is 14.9. The molecular formula is C16H22N4O3S. The number of hydrogen-bond donors (Lipinski definition) is 2. The van der Waals surface area contributed by atoms with Crippen molar-refractivity contribution in [3.05, 3.63) is 41.1 Å². The molecule has 2 heterocycles. The molecule has 7 nitrogen and oxygen atoms in total. The summed E-state index contributed by atoms with van der Waals surface area (Å²) in [6.45, 7) is 6.16. The van der Waals surface area contributed by atoms with Crippen LogP contribution in [-0.2, 0) is 16.4 Å². The molecule has 130 valence electrons. The zero-order valence-electron chi connectivity index (χ0n) is 14.0.